The monoisotopic (exact) mass is 520 g/mol. The third-order valence-electron chi connectivity index (χ3n) is 5.66. The van der Waals surface area contributed by atoms with Gasteiger partial charge in [-0.1, -0.05) is 24.6 Å². The number of amides is 4. The molecule has 0 spiro atoms. The number of hydrogen-bond donors (Lipinski definition) is 6. The Hall–Kier alpha value is -1.27. The van der Waals surface area contributed by atoms with Crippen LogP contribution in [-0.4, -0.2) is 75.4 Å². The van der Waals surface area contributed by atoms with Crippen LogP contribution in [0.25, 0.3) is 0 Å². The van der Waals surface area contributed by atoms with Crippen molar-refractivity contribution in [1.82, 2.24) is 21.3 Å². The Kier molecular flexibility index (Phi) is 13.2. The van der Waals surface area contributed by atoms with E-state index >= 15 is 0 Å². The number of urea groups is 1. The van der Waals surface area contributed by atoms with E-state index in [4.69, 9.17) is 5.11 Å². The number of aliphatic carboxylic acids is 1. The van der Waals surface area contributed by atoms with E-state index in [1.54, 1.807) is 0 Å². The maximum absolute atomic E-state index is 12.0. The molecule has 0 radical (unpaired) electrons. The van der Waals surface area contributed by atoms with Crippen LogP contribution in [0.3, 0.4) is 0 Å². The van der Waals surface area contributed by atoms with Crippen LogP contribution < -0.4 is 21.3 Å². The third-order valence-corrected chi connectivity index (χ3v) is 8.53. The standard InChI is InChI=1S/C21H36N4O5S3/c26-17(7-3-2-6-16-19-15(13-33-16)24-20(29)25-19)22-10-11-23-21(30)32-12-9-14(31)5-1-4-8-18(27)28/h14-16,19,31H,1-13H2,(H,22,26)(H,23,30)(H,27,28)(H2,24,25,29). The van der Waals surface area contributed by atoms with Gasteiger partial charge in [-0.15, -0.1) is 0 Å². The number of unbranched alkanes of at least 4 members (excludes halogenated alkanes) is 2. The van der Waals surface area contributed by atoms with Gasteiger partial charge in [-0.2, -0.15) is 24.4 Å². The zero-order chi connectivity index (χ0) is 24.1. The Labute approximate surface area is 209 Å². The molecular weight excluding hydrogens is 484 g/mol. The largest absolute Gasteiger partial charge is 0.481 e. The van der Waals surface area contributed by atoms with Gasteiger partial charge < -0.3 is 26.4 Å². The van der Waals surface area contributed by atoms with Crippen molar-refractivity contribution in [1.29, 1.82) is 0 Å². The topological polar surface area (TPSA) is 137 Å². The molecule has 2 fully saturated rings. The molecule has 2 aliphatic heterocycles. The zero-order valence-corrected chi connectivity index (χ0v) is 21.4. The third kappa shape index (κ3) is 11.6. The second-order valence-electron chi connectivity index (χ2n) is 8.36. The molecule has 33 heavy (non-hydrogen) atoms. The summed E-state index contributed by atoms with van der Waals surface area (Å²) in [6.07, 6.45) is 6.52. The van der Waals surface area contributed by atoms with Crippen LogP contribution in [0, 0.1) is 0 Å². The Morgan fingerprint density at radius 2 is 1.85 bits per heavy atom. The van der Waals surface area contributed by atoms with E-state index in [2.05, 4.69) is 33.9 Å². The van der Waals surface area contributed by atoms with Gasteiger partial charge in [0.05, 0.1) is 12.1 Å². The van der Waals surface area contributed by atoms with E-state index in [1.165, 1.54) is 11.8 Å². The van der Waals surface area contributed by atoms with E-state index in [0.29, 0.717) is 36.9 Å². The molecule has 2 aliphatic rings. The molecule has 0 bridgehead atoms. The molecule has 9 nitrogen and oxygen atoms in total. The summed E-state index contributed by atoms with van der Waals surface area (Å²) in [6, 6.07) is 0.371. The molecular formula is C21H36N4O5S3. The number of fused-ring (bicyclic) bond motifs is 1. The minimum Gasteiger partial charge on any atom is -0.481 e. The van der Waals surface area contributed by atoms with Crippen LogP contribution in [0.5, 0.6) is 0 Å². The first kappa shape index (κ1) is 28.0. The van der Waals surface area contributed by atoms with Gasteiger partial charge >= 0.3 is 12.0 Å². The predicted molar refractivity (Wildman–Crippen MR) is 136 cm³/mol. The van der Waals surface area contributed by atoms with Crippen molar-refractivity contribution >= 4 is 59.3 Å². The van der Waals surface area contributed by atoms with Crippen molar-refractivity contribution < 1.29 is 24.3 Å². The molecule has 0 aromatic heterocycles. The van der Waals surface area contributed by atoms with Crippen molar-refractivity contribution in [2.45, 2.75) is 80.4 Å². The summed E-state index contributed by atoms with van der Waals surface area (Å²) in [7, 11) is 0. The fourth-order valence-corrected chi connectivity index (χ4v) is 6.69. The molecule has 2 heterocycles. The van der Waals surface area contributed by atoms with Gasteiger partial charge in [0.15, 0.2) is 0 Å². The van der Waals surface area contributed by atoms with E-state index < -0.39 is 5.97 Å². The van der Waals surface area contributed by atoms with Crippen molar-refractivity contribution in [3.8, 4) is 0 Å². The fraction of sp³-hybridized carbons (Fsp3) is 0.810. The van der Waals surface area contributed by atoms with Gasteiger partial charge in [-0.3, -0.25) is 14.4 Å². The van der Waals surface area contributed by atoms with E-state index in [-0.39, 0.29) is 40.9 Å². The first-order valence-corrected chi connectivity index (χ1v) is 14.2. The number of thiol groups is 1. The molecule has 4 atom stereocenters. The number of carbonyl (C=O) groups excluding carboxylic acids is 3. The van der Waals surface area contributed by atoms with Gasteiger partial charge in [0.1, 0.15) is 0 Å². The molecule has 0 aliphatic carbocycles. The normalized spacial score (nSPS) is 22.2. The average molecular weight is 521 g/mol. The highest BCUT2D eigenvalue weighted by Gasteiger charge is 2.42. The molecule has 4 unspecified atom stereocenters. The van der Waals surface area contributed by atoms with Gasteiger partial charge in [-0.05, 0) is 32.1 Å². The van der Waals surface area contributed by atoms with Crippen molar-refractivity contribution in [2.75, 3.05) is 24.6 Å². The Morgan fingerprint density at radius 3 is 2.64 bits per heavy atom. The highest BCUT2D eigenvalue weighted by molar-refractivity contribution is 8.13. The summed E-state index contributed by atoms with van der Waals surface area (Å²) < 4.78 is 0. The predicted octanol–water partition coefficient (Wildman–Crippen LogP) is 2.60. The lowest BCUT2D eigenvalue weighted by Crippen LogP contribution is -2.36. The van der Waals surface area contributed by atoms with Crippen molar-refractivity contribution in [3.63, 3.8) is 0 Å². The van der Waals surface area contributed by atoms with Crippen LogP contribution in [0.2, 0.25) is 0 Å². The first-order valence-electron chi connectivity index (χ1n) is 11.6. The zero-order valence-electron chi connectivity index (χ0n) is 18.8. The van der Waals surface area contributed by atoms with Gasteiger partial charge in [0.2, 0.25) is 5.91 Å². The summed E-state index contributed by atoms with van der Waals surface area (Å²) in [5.74, 6) is 0.823. The minimum atomic E-state index is -0.773. The summed E-state index contributed by atoms with van der Waals surface area (Å²) in [6.45, 7) is 0.801. The first-order chi connectivity index (χ1) is 15.8. The average Bonchev–Trinajstić information content (AvgIpc) is 3.31. The summed E-state index contributed by atoms with van der Waals surface area (Å²) in [5.41, 5.74) is 0. The highest BCUT2D eigenvalue weighted by Crippen LogP contribution is 2.33. The molecule has 0 aromatic rings. The number of hydrogen-bond acceptors (Lipinski definition) is 7. The fourth-order valence-electron chi connectivity index (χ4n) is 3.87. The lowest BCUT2D eigenvalue weighted by atomic mass is 10.0. The Morgan fingerprint density at radius 1 is 1.09 bits per heavy atom. The lowest BCUT2D eigenvalue weighted by Gasteiger charge is -2.16. The SMILES string of the molecule is O=C(O)CCCCC(S)CCSC(=O)NCCNC(=O)CCCCC1SCC2NC(=O)NC21. The number of carboxylic acid groups (broad SMARTS) is 1. The van der Waals surface area contributed by atoms with Gasteiger partial charge in [0.25, 0.3) is 5.24 Å². The Bertz CT molecular complexity index is 670. The summed E-state index contributed by atoms with van der Waals surface area (Å²) in [5, 5.41) is 20.6. The maximum atomic E-state index is 12.0. The highest BCUT2D eigenvalue weighted by atomic mass is 32.2. The van der Waals surface area contributed by atoms with Crippen LogP contribution in [0.4, 0.5) is 9.59 Å². The number of rotatable bonds is 16. The summed E-state index contributed by atoms with van der Waals surface area (Å²) in [4.78, 5) is 45.7. The van der Waals surface area contributed by atoms with Crippen LogP contribution in [0.15, 0.2) is 0 Å². The van der Waals surface area contributed by atoms with E-state index in [9.17, 15) is 19.2 Å². The molecule has 2 saturated heterocycles. The minimum absolute atomic E-state index is 0.00879. The maximum Gasteiger partial charge on any atom is 0.315 e. The second kappa shape index (κ2) is 15.6. The Balaban J connectivity index is 1.39. The molecule has 12 heteroatoms. The van der Waals surface area contributed by atoms with Crippen LogP contribution in [0.1, 0.15) is 57.8 Å². The summed E-state index contributed by atoms with van der Waals surface area (Å²) >= 11 is 7.57. The molecule has 5 N–H and O–H groups in total. The molecule has 188 valence electrons. The van der Waals surface area contributed by atoms with Crippen LogP contribution >= 0.6 is 36.2 Å². The lowest BCUT2D eigenvalue weighted by molar-refractivity contribution is -0.137. The smallest absolute Gasteiger partial charge is 0.315 e. The van der Waals surface area contributed by atoms with Crippen molar-refractivity contribution in [3.05, 3.63) is 0 Å². The molecule has 0 saturated carbocycles. The van der Waals surface area contributed by atoms with E-state index in [0.717, 1.165) is 44.3 Å². The number of carbonyl (C=O) groups is 4. The molecule has 0 aromatic carbocycles. The quantitative estimate of drug-likeness (QED) is 0.105. The molecule has 2 rings (SSSR count). The number of nitrogens with one attached hydrogen (secondary N) is 4. The van der Waals surface area contributed by atoms with Crippen LogP contribution in [-0.2, 0) is 9.59 Å². The van der Waals surface area contributed by atoms with Gasteiger partial charge in [0, 0.05) is 47.9 Å². The van der Waals surface area contributed by atoms with Gasteiger partial charge in [-0.25, -0.2) is 4.79 Å². The van der Waals surface area contributed by atoms with Crippen molar-refractivity contribution in [2.24, 2.45) is 0 Å². The van der Waals surface area contributed by atoms with E-state index in [1.807, 2.05) is 11.8 Å². The molecule has 4 amide bonds. The number of carboxylic acids is 1. The second-order valence-corrected chi connectivity index (χ2v) is 11.4. The number of thioether (sulfide) groups is 2.